The summed E-state index contributed by atoms with van der Waals surface area (Å²) in [5.74, 6) is -1.02. The summed E-state index contributed by atoms with van der Waals surface area (Å²) in [6.07, 6.45) is 6.06. The van der Waals surface area contributed by atoms with Gasteiger partial charge in [-0.2, -0.15) is 0 Å². The van der Waals surface area contributed by atoms with E-state index in [0.717, 1.165) is 18.1 Å². The van der Waals surface area contributed by atoms with Gasteiger partial charge in [0.25, 0.3) is 5.91 Å². The number of aliphatic hydroxyl groups excluding tert-OH is 2. The van der Waals surface area contributed by atoms with Gasteiger partial charge < -0.3 is 20.3 Å². The highest BCUT2D eigenvalue weighted by Gasteiger charge is 2.64. The Bertz CT molecular complexity index is 782. The number of aliphatic hydroxyl groups is 2. The molecule has 6 nitrogen and oxygen atoms in total. The lowest BCUT2D eigenvalue weighted by molar-refractivity contribution is -0.172. The van der Waals surface area contributed by atoms with Crippen molar-refractivity contribution in [3.05, 3.63) is 35.5 Å². The smallest absolute Gasteiger partial charge is 0.331 e. The molecule has 6 heteroatoms. The highest BCUT2D eigenvalue weighted by molar-refractivity contribution is 5.94. The summed E-state index contributed by atoms with van der Waals surface area (Å²) >= 11 is 0. The van der Waals surface area contributed by atoms with Crippen LogP contribution in [0.2, 0.25) is 0 Å². The molecule has 0 aromatic heterocycles. The number of esters is 1. The largest absolute Gasteiger partial charge is 0.444 e. The van der Waals surface area contributed by atoms with E-state index in [1.807, 2.05) is 13.0 Å². The van der Waals surface area contributed by atoms with Gasteiger partial charge in [-0.3, -0.25) is 4.79 Å². The quantitative estimate of drug-likeness (QED) is 0.474. The molecule has 7 atom stereocenters. The number of hydrogen-bond acceptors (Lipinski definition) is 5. The van der Waals surface area contributed by atoms with Crippen molar-refractivity contribution in [1.29, 1.82) is 0 Å². The van der Waals surface area contributed by atoms with Crippen LogP contribution in [-0.4, -0.2) is 45.9 Å². The second-order valence-electron chi connectivity index (χ2n) is 9.64. The van der Waals surface area contributed by atoms with Gasteiger partial charge in [-0.1, -0.05) is 44.1 Å². The van der Waals surface area contributed by atoms with Gasteiger partial charge >= 0.3 is 5.97 Å². The number of hydrogen-bond donors (Lipinski definition) is 3. The third kappa shape index (κ3) is 4.12. The van der Waals surface area contributed by atoms with Crippen molar-refractivity contribution in [3.8, 4) is 0 Å². The molecule has 2 heterocycles. The van der Waals surface area contributed by atoms with E-state index in [9.17, 15) is 19.8 Å². The molecule has 0 aromatic carbocycles. The summed E-state index contributed by atoms with van der Waals surface area (Å²) in [5.41, 5.74) is 0.858. The molecule has 1 aliphatic carbocycles. The molecule has 0 aromatic rings. The van der Waals surface area contributed by atoms with Crippen LogP contribution in [-0.2, 0) is 14.3 Å². The molecular weight excluding hydrogens is 382 g/mol. The van der Waals surface area contributed by atoms with Crippen LogP contribution in [0.25, 0.3) is 0 Å². The maximum Gasteiger partial charge on any atom is 0.331 e. The van der Waals surface area contributed by atoms with Crippen LogP contribution in [0.3, 0.4) is 0 Å². The average Bonchev–Trinajstić information content (AvgIpc) is 2.93. The number of carbonyl (C=O) groups is 2. The van der Waals surface area contributed by atoms with Crippen LogP contribution in [0.5, 0.6) is 0 Å². The van der Waals surface area contributed by atoms with E-state index in [2.05, 4.69) is 39.1 Å². The van der Waals surface area contributed by atoms with E-state index in [1.54, 1.807) is 0 Å². The Balaban J connectivity index is 2.13. The van der Waals surface area contributed by atoms with Crippen LogP contribution in [0.1, 0.15) is 53.9 Å². The number of ether oxygens (including phenoxy) is 1. The summed E-state index contributed by atoms with van der Waals surface area (Å²) in [5, 5.41) is 23.4. The number of rotatable bonds is 2. The zero-order chi connectivity index (χ0) is 22.2. The van der Waals surface area contributed by atoms with Gasteiger partial charge in [0.2, 0.25) is 5.60 Å². The first-order valence-corrected chi connectivity index (χ1v) is 11.0. The first kappa shape index (κ1) is 22.8. The van der Waals surface area contributed by atoms with Gasteiger partial charge in [0, 0.05) is 24.0 Å². The van der Waals surface area contributed by atoms with Gasteiger partial charge in [0.05, 0.1) is 12.2 Å². The van der Waals surface area contributed by atoms with Crippen molar-refractivity contribution >= 4 is 11.9 Å². The van der Waals surface area contributed by atoms with Crippen LogP contribution in [0, 0.1) is 23.7 Å². The SMILES string of the molecule is CC1=CC2/C=C(\C)CCC(O)C(O)/C=C\C(=O)OC23C(=O)NC(CC(C)C)C3C1C. The summed E-state index contributed by atoms with van der Waals surface area (Å²) in [6.45, 7) is 10.4. The molecule has 7 unspecified atom stereocenters. The summed E-state index contributed by atoms with van der Waals surface area (Å²) in [6, 6.07) is -0.0792. The zero-order valence-electron chi connectivity index (χ0n) is 18.6. The fourth-order valence-corrected chi connectivity index (χ4v) is 5.27. The Hall–Kier alpha value is -1.92. The first-order valence-electron chi connectivity index (χ1n) is 11.0. The van der Waals surface area contributed by atoms with E-state index in [4.69, 9.17) is 4.74 Å². The minimum Gasteiger partial charge on any atom is -0.444 e. The van der Waals surface area contributed by atoms with Gasteiger partial charge in [0.1, 0.15) is 0 Å². The number of allylic oxidation sites excluding steroid dienone is 2. The topological polar surface area (TPSA) is 95.9 Å². The summed E-state index contributed by atoms with van der Waals surface area (Å²) in [4.78, 5) is 26.2. The normalized spacial score (nSPS) is 42.5. The van der Waals surface area contributed by atoms with Crippen molar-refractivity contribution in [2.45, 2.75) is 77.7 Å². The van der Waals surface area contributed by atoms with Gasteiger partial charge in [0.15, 0.2) is 0 Å². The second-order valence-corrected chi connectivity index (χ2v) is 9.64. The van der Waals surface area contributed by atoms with E-state index in [0.29, 0.717) is 18.8 Å². The Labute approximate surface area is 179 Å². The highest BCUT2D eigenvalue weighted by Crippen LogP contribution is 2.50. The van der Waals surface area contributed by atoms with E-state index in [1.165, 1.54) is 11.6 Å². The Morgan fingerprint density at radius 1 is 1.23 bits per heavy atom. The molecule has 0 bridgehead atoms. The van der Waals surface area contributed by atoms with Crippen molar-refractivity contribution in [1.82, 2.24) is 5.32 Å². The van der Waals surface area contributed by atoms with Crippen LogP contribution >= 0.6 is 0 Å². The minimum absolute atomic E-state index is 0.0785. The molecule has 30 heavy (non-hydrogen) atoms. The lowest BCUT2D eigenvalue weighted by Crippen LogP contribution is -2.56. The third-order valence-electron chi connectivity index (χ3n) is 6.91. The molecule has 1 saturated heterocycles. The van der Waals surface area contributed by atoms with Crippen molar-refractivity contribution in [2.24, 2.45) is 23.7 Å². The number of nitrogens with one attached hydrogen (secondary N) is 1. The monoisotopic (exact) mass is 417 g/mol. The van der Waals surface area contributed by atoms with Crippen molar-refractivity contribution in [2.75, 3.05) is 0 Å². The Kier molecular flexibility index (Phi) is 6.58. The van der Waals surface area contributed by atoms with Crippen molar-refractivity contribution < 1.29 is 24.5 Å². The Morgan fingerprint density at radius 3 is 2.60 bits per heavy atom. The molecule has 1 fully saturated rings. The van der Waals surface area contributed by atoms with Gasteiger partial charge in [-0.05, 0) is 51.0 Å². The average molecular weight is 418 g/mol. The zero-order valence-corrected chi connectivity index (χ0v) is 18.6. The fourth-order valence-electron chi connectivity index (χ4n) is 5.27. The summed E-state index contributed by atoms with van der Waals surface area (Å²) < 4.78 is 5.99. The molecule has 3 rings (SSSR count). The lowest BCUT2D eigenvalue weighted by atomic mass is 9.63. The molecule has 0 saturated carbocycles. The van der Waals surface area contributed by atoms with Crippen LogP contribution < -0.4 is 5.32 Å². The van der Waals surface area contributed by atoms with E-state index >= 15 is 0 Å². The fraction of sp³-hybridized carbons (Fsp3) is 0.667. The van der Waals surface area contributed by atoms with Crippen LogP contribution in [0.4, 0.5) is 0 Å². The molecule has 0 radical (unpaired) electrons. The first-order chi connectivity index (χ1) is 14.1. The molecule has 1 spiro atoms. The molecule has 3 N–H and O–H groups in total. The van der Waals surface area contributed by atoms with Gasteiger partial charge in [-0.15, -0.1) is 0 Å². The highest BCUT2D eigenvalue weighted by atomic mass is 16.6. The van der Waals surface area contributed by atoms with E-state index in [-0.39, 0.29) is 29.7 Å². The molecule has 3 aliphatic rings. The minimum atomic E-state index is -1.32. The van der Waals surface area contributed by atoms with E-state index < -0.39 is 23.8 Å². The maximum absolute atomic E-state index is 13.4. The molecule has 166 valence electrons. The van der Waals surface area contributed by atoms with Crippen LogP contribution in [0.15, 0.2) is 35.5 Å². The molecular formula is C24H35NO5. The number of amides is 1. The Morgan fingerprint density at radius 2 is 1.93 bits per heavy atom. The number of carbonyl (C=O) groups excluding carboxylic acids is 2. The third-order valence-corrected chi connectivity index (χ3v) is 6.91. The lowest BCUT2D eigenvalue weighted by Gasteiger charge is -2.45. The van der Waals surface area contributed by atoms with Gasteiger partial charge in [-0.25, -0.2) is 4.79 Å². The molecule has 1 amide bonds. The predicted octanol–water partition coefficient (Wildman–Crippen LogP) is 2.66. The van der Waals surface area contributed by atoms with Crippen molar-refractivity contribution in [3.63, 3.8) is 0 Å². The summed E-state index contributed by atoms with van der Waals surface area (Å²) in [7, 11) is 0. The predicted molar refractivity (Wildman–Crippen MR) is 114 cm³/mol. The maximum atomic E-state index is 13.4. The molecule has 2 aliphatic heterocycles. The standard InChI is InChI=1S/C24H35NO5/c1-13(2)10-18-22-16(5)15(4)12-17-11-14(3)6-7-19(26)20(27)8-9-21(28)30-24(17,22)23(29)25-18/h8-9,11-13,16-20,22,26-27H,6-7,10H2,1-5H3,(H,25,29)/b9-8-,14-11+. The second kappa shape index (κ2) is 8.67.